The first-order valence-corrected chi connectivity index (χ1v) is 8.30. The SMILES string of the molecule is Nc1ccccc1CCC(=O)N1CCCC1c1cccs1. The summed E-state index contributed by atoms with van der Waals surface area (Å²) in [5.41, 5.74) is 7.79. The molecule has 0 aliphatic carbocycles. The summed E-state index contributed by atoms with van der Waals surface area (Å²) in [6.07, 6.45) is 3.44. The highest BCUT2D eigenvalue weighted by atomic mass is 32.1. The van der Waals surface area contributed by atoms with Gasteiger partial charge < -0.3 is 10.6 Å². The van der Waals surface area contributed by atoms with Crippen LogP contribution in [0.25, 0.3) is 0 Å². The number of hydrogen-bond donors (Lipinski definition) is 1. The van der Waals surface area contributed by atoms with Crippen LogP contribution in [-0.2, 0) is 11.2 Å². The third-order valence-corrected chi connectivity index (χ3v) is 5.08. The maximum Gasteiger partial charge on any atom is 0.223 e. The Balaban J connectivity index is 1.64. The van der Waals surface area contributed by atoms with E-state index >= 15 is 0 Å². The zero-order valence-electron chi connectivity index (χ0n) is 12.0. The molecule has 1 amide bonds. The van der Waals surface area contributed by atoms with Crippen LogP contribution in [0.5, 0.6) is 0 Å². The molecule has 1 aromatic carbocycles. The van der Waals surface area contributed by atoms with Crippen LogP contribution in [0.4, 0.5) is 5.69 Å². The smallest absolute Gasteiger partial charge is 0.223 e. The van der Waals surface area contributed by atoms with Gasteiger partial charge in [0.15, 0.2) is 0 Å². The quantitative estimate of drug-likeness (QED) is 0.877. The van der Waals surface area contributed by atoms with Gasteiger partial charge in [0.05, 0.1) is 6.04 Å². The number of para-hydroxylation sites is 1. The number of nitrogen functional groups attached to an aromatic ring is 1. The average Bonchev–Trinajstić information content (AvgIpc) is 3.16. The minimum absolute atomic E-state index is 0.245. The van der Waals surface area contributed by atoms with Crippen molar-refractivity contribution in [3.8, 4) is 0 Å². The molecule has 4 heteroatoms. The maximum absolute atomic E-state index is 12.5. The topological polar surface area (TPSA) is 46.3 Å². The van der Waals surface area contributed by atoms with Crippen molar-refractivity contribution in [1.82, 2.24) is 4.90 Å². The van der Waals surface area contributed by atoms with E-state index in [0.717, 1.165) is 37.1 Å². The van der Waals surface area contributed by atoms with Crippen molar-refractivity contribution in [2.24, 2.45) is 0 Å². The molecule has 1 fully saturated rings. The number of nitrogens with two attached hydrogens (primary N) is 1. The van der Waals surface area contributed by atoms with Crippen LogP contribution >= 0.6 is 11.3 Å². The van der Waals surface area contributed by atoms with E-state index in [1.807, 2.05) is 29.2 Å². The molecule has 0 spiro atoms. The van der Waals surface area contributed by atoms with Gasteiger partial charge in [0, 0.05) is 23.5 Å². The van der Waals surface area contributed by atoms with Crippen molar-refractivity contribution in [3.63, 3.8) is 0 Å². The van der Waals surface area contributed by atoms with E-state index in [-0.39, 0.29) is 11.9 Å². The molecule has 3 rings (SSSR count). The number of anilines is 1. The third kappa shape index (κ3) is 3.10. The summed E-state index contributed by atoms with van der Waals surface area (Å²) < 4.78 is 0. The monoisotopic (exact) mass is 300 g/mol. The van der Waals surface area contributed by atoms with Crippen LogP contribution < -0.4 is 5.73 Å². The lowest BCUT2D eigenvalue weighted by Gasteiger charge is -2.24. The Labute approximate surface area is 129 Å². The normalized spacial score (nSPS) is 18.1. The largest absolute Gasteiger partial charge is 0.399 e. The molecule has 1 atom stereocenters. The number of carbonyl (C=O) groups is 1. The van der Waals surface area contributed by atoms with Crippen molar-refractivity contribution in [2.45, 2.75) is 31.7 Å². The number of rotatable bonds is 4. The van der Waals surface area contributed by atoms with Gasteiger partial charge in [-0.1, -0.05) is 24.3 Å². The highest BCUT2D eigenvalue weighted by molar-refractivity contribution is 7.10. The first-order valence-electron chi connectivity index (χ1n) is 7.42. The molecule has 0 bridgehead atoms. The Hall–Kier alpha value is -1.81. The molecular weight excluding hydrogens is 280 g/mol. The van der Waals surface area contributed by atoms with Crippen molar-refractivity contribution in [2.75, 3.05) is 12.3 Å². The van der Waals surface area contributed by atoms with E-state index in [1.165, 1.54) is 4.88 Å². The maximum atomic E-state index is 12.5. The molecule has 2 N–H and O–H groups in total. The van der Waals surface area contributed by atoms with Crippen molar-refractivity contribution in [1.29, 1.82) is 0 Å². The van der Waals surface area contributed by atoms with Gasteiger partial charge in [0.2, 0.25) is 5.91 Å². The lowest BCUT2D eigenvalue weighted by atomic mass is 10.1. The van der Waals surface area contributed by atoms with Crippen LogP contribution in [0.1, 0.15) is 35.7 Å². The second kappa shape index (κ2) is 6.31. The predicted molar refractivity (Wildman–Crippen MR) is 87.2 cm³/mol. The average molecular weight is 300 g/mol. The summed E-state index contributed by atoms with van der Waals surface area (Å²) in [7, 11) is 0. The molecule has 2 heterocycles. The number of amides is 1. The van der Waals surface area contributed by atoms with Gasteiger partial charge in [-0.15, -0.1) is 11.3 Å². The predicted octanol–water partition coefficient (Wildman–Crippen LogP) is 3.63. The highest BCUT2D eigenvalue weighted by Gasteiger charge is 2.30. The van der Waals surface area contributed by atoms with Gasteiger partial charge in [-0.25, -0.2) is 0 Å². The third-order valence-electron chi connectivity index (χ3n) is 4.11. The minimum atomic E-state index is 0.245. The van der Waals surface area contributed by atoms with E-state index in [1.54, 1.807) is 11.3 Å². The number of benzene rings is 1. The number of nitrogens with zero attached hydrogens (tertiary/aromatic N) is 1. The van der Waals surface area contributed by atoms with Crippen LogP contribution in [-0.4, -0.2) is 17.4 Å². The van der Waals surface area contributed by atoms with Crippen molar-refractivity contribution < 1.29 is 4.79 Å². The van der Waals surface area contributed by atoms with Crippen LogP contribution in [0.3, 0.4) is 0 Å². The Kier molecular flexibility index (Phi) is 4.25. The molecule has 1 unspecified atom stereocenters. The number of thiophene rings is 1. The second-order valence-corrected chi connectivity index (χ2v) is 6.44. The summed E-state index contributed by atoms with van der Waals surface area (Å²) in [5, 5.41) is 2.08. The Morgan fingerprint density at radius 3 is 2.90 bits per heavy atom. The van der Waals surface area contributed by atoms with Gasteiger partial charge in [0.25, 0.3) is 0 Å². The van der Waals surface area contributed by atoms with E-state index in [2.05, 4.69) is 17.5 Å². The van der Waals surface area contributed by atoms with Gasteiger partial charge in [0.1, 0.15) is 0 Å². The summed E-state index contributed by atoms with van der Waals surface area (Å²) >= 11 is 1.74. The summed E-state index contributed by atoms with van der Waals surface area (Å²) in [4.78, 5) is 15.9. The number of aryl methyl sites for hydroxylation is 1. The molecule has 1 aliphatic heterocycles. The van der Waals surface area contributed by atoms with Crippen LogP contribution in [0, 0.1) is 0 Å². The Morgan fingerprint density at radius 1 is 1.29 bits per heavy atom. The number of likely N-dealkylation sites (tertiary alicyclic amines) is 1. The Morgan fingerprint density at radius 2 is 2.14 bits per heavy atom. The van der Waals surface area contributed by atoms with Gasteiger partial charge in [-0.3, -0.25) is 4.79 Å². The number of carbonyl (C=O) groups excluding carboxylic acids is 1. The lowest BCUT2D eigenvalue weighted by Crippen LogP contribution is -2.30. The highest BCUT2D eigenvalue weighted by Crippen LogP contribution is 2.35. The van der Waals surface area contributed by atoms with Crippen molar-refractivity contribution in [3.05, 3.63) is 52.2 Å². The minimum Gasteiger partial charge on any atom is -0.399 e. The summed E-state index contributed by atoms with van der Waals surface area (Å²) in [5.74, 6) is 0.245. The van der Waals surface area contributed by atoms with Gasteiger partial charge in [-0.2, -0.15) is 0 Å². The standard InChI is InChI=1S/C17H20N2OS/c18-14-6-2-1-5-13(14)9-10-17(20)19-11-3-7-15(19)16-8-4-12-21-16/h1-2,4-6,8,12,15H,3,7,9-11,18H2. The molecule has 1 aliphatic rings. The zero-order valence-corrected chi connectivity index (χ0v) is 12.8. The van der Waals surface area contributed by atoms with Crippen molar-refractivity contribution >= 4 is 22.9 Å². The molecule has 21 heavy (non-hydrogen) atoms. The fourth-order valence-electron chi connectivity index (χ4n) is 2.99. The van der Waals surface area contributed by atoms with E-state index in [9.17, 15) is 4.79 Å². The molecular formula is C17H20N2OS. The number of hydrogen-bond acceptors (Lipinski definition) is 3. The lowest BCUT2D eigenvalue weighted by molar-refractivity contribution is -0.132. The Bertz CT molecular complexity index is 609. The summed E-state index contributed by atoms with van der Waals surface area (Å²) in [6.45, 7) is 0.881. The first-order chi connectivity index (χ1) is 10.3. The second-order valence-electron chi connectivity index (χ2n) is 5.46. The van der Waals surface area contributed by atoms with E-state index in [0.29, 0.717) is 6.42 Å². The zero-order chi connectivity index (χ0) is 14.7. The molecule has 1 aromatic heterocycles. The molecule has 2 aromatic rings. The fourth-order valence-corrected chi connectivity index (χ4v) is 3.86. The van der Waals surface area contributed by atoms with Crippen LogP contribution in [0.15, 0.2) is 41.8 Å². The molecule has 110 valence electrons. The molecule has 3 nitrogen and oxygen atoms in total. The fraction of sp³-hybridized carbons (Fsp3) is 0.353. The molecule has 0 saturated carbocycles. The van der Waals surface area contributed by atoms with Crippen LogP contribution in [0.2, 0.25) is 0 Å². The van der Waals surface area contributed by atoms with E-state index < -0.39 is 0 Å². The molecule has 0 radical (unpaired) electrons. The van der Waals surface area contributed by atoms with Gasteiger partial charge >= 0.3 is 0 Å². The molecule has 1 saturated heterocycles. The van der Waals surface area contributed by atoms with E-state index in [4.69, 9.17) is 5.73 Å². The summed E-state index contributed by atoms with van der Waals surface area (Å²) in [6, 6.07) is 12.3. The van der Waals surface area contributed by atoms with Gasteiger partial charge in [-0.05, 0) is 42.3 Å². The first kappa shape index (κ1) is 14.1.